The predicted molar refractivity (Wildman–Crippen MR) is 163 cm³/mol. The molecule has 1 aromatic carbocycles. The van der Waals surface area contributed by atoms with Crippen LogP contribution in [0.1, 0.15) is 98.5 Å². The maximum atomic E-state index is 14.0. The summed E-state index contributed by atoms with van der Waals surface area (Å²) in [6.45, 7) is 16.7. The highest BCUT2D eigenvalue weighted by molar-refractivity contribution is 7.89. The first-order valence-electron chi connectivity index (χ1n) is 16.2. The largest absolute Gasteiger partial charge is 0.381 e. The quantitative estimate of drug-likeness (QED) is 0.338. The molecule has 0 amide bonds. The molecule has 39 heavy (non-hydrogen) atoms. The van der Waals surface area contributed by atoms with Crippen molar-refractivity contribution < 1.29 is 8.95 Å². The molecule has 0 aromatic heterocycles. The molecule has 0 radical (unpaired) electrons. The maximum absolute atomic E-state index is 14.0. The van der Waals surface area contributed by atoms with Crippen LogP contribution in [0.4, 0.5) is 0 Å². The molecule has 1 spiro atoms. The molecule has 5 fully saturated rings. The highest BCUT2D eigenvalue weighted by atomic mass is 32.2. The van der Waals surface area contributed by atoms with E-state index in [-0.39, 0.29) is 0 Å². The fraction of sp³-hybridized carbons (Fsp3) is 0.778. The number of fused-ring (bicyclic) bond motifs is 4. The molecule has 3 heteroatoms. The Morgan fingerprint density at radius 3 is 2.36 bits per heavy atom. The van der Waals surface area contributed by atoms with Crippen LogP contribution in [-0.2, 0) is 15.5 Å². The monoisotopic (exact) mass is 550 g/mol. The molecule has 1 unspecified atom stereocenters. The maximum Gasteiger partial charge on any atom is 0.0808 e. The smallest absolute Gasteiger partial charge is 0.0808 e. The van der Waals surface area contributed by atoms with Crippen molar-refractivity contribution >= 4 is 10.8 Å². The van der Waals surface area contributed by atoms with Crippen molar-refractivity contribution in [3.8, 4) is 0 Å². The average Bonchev–Trinajstić information content (AvgIpc) is 3.42. The normalized spacial score (nSPS) is 45.2. The Balaban J connectivity index is 1.28. The molecule has 5 saturated carbocycles. The van der Waals surface area contributed by atoms with Crippen LogP contribution >= 0.6 is 0 Å². The van der Waals surface area contributed by atoms with Gasteiger partial charge in [-0.1, -0.05) is 65.3 Å². The van der Waals surface area contributed by atoms with Crippen LogP contribution in [0.5, 0.6) is 0 Å². The number of aryl methyl sites for hydroxylation is 1. The lowest BCUT2D eigenvalue weighted by molar-refractivity contribution is -0.160. The molecular weight excluding hydrogens is 496 g/mol. The molecular formula is C36H54O2S. The first kappa shape index (κ1) is 28.2. The van der Waals surface area contributed by atoms with E-state index in [4.69, 9.17) is 4.74 Å². The van der Waals surface area contributed by atoms with Crippen LogP contribution in [0.15, 0.2) is 40.1 Å². The van der Waals surface area contributed by atoms with Gasteiger partial charge in [0.1, 0.15) is 0 Å². The van der Waals surface area contributed by atoms with Crippen molar-refractivity contribution in [3.05, 3.63) is 40.8 Å². The third-order valence-corrected chi connectivity index (χ3v) is 15.5. The fourth-order valence-electron chi connectivity index (χ4n) is 11.4. The van der Waals surface area contributed by atoms with Gasteiger partial charge in [0.25, 0.3) is 0 Å². The van der Waals surface area contributed by atoms with E-state index in [9.17, 15) is 4.21 Å². The molecule has 1 aromatic rings. The second kappa shape index (κ2) is 9.82. The molecule has 12 atom stereocenters. The van der Waals surface area contributed by atoms with E-state index >= 15 is 0 Å². The van der Waals surface area contributed by atoms with Gasteiger partial charge in [0, 0.05) is 22.3 Å². The topological polar surface area (TPSA) is 26.3 Å². The molecule has 5 aliphatic carbocycles. The Morgan fingerprint density at radius 1 is 1.00 bits per heavy atom. The first-order chi connectivity index (χ1) is 18.5. The van der Waals surface area contributed by atoms with E-state index in [2.05, 4.69) is 78.8 Å². The fourth-order valence-corrected chi connectivity index (χ4v) is 13.0. The SMILES string of the molecule is CO[C@@H]1C[C@H]2[C@@H]3CC[C@H]([C@H](C)/C=C(/[C@@H](C)C(C)C)S(=O)c4ccc(C)cc4)[C@@]3(C)CC[C@@H]2[C@@]2(C)CC[C@@H]3C[C@]312. The van der Waals surface area contributed by atoms with Gasteiger partial charge in [0.2, 0.25) is 0 Å². The van der Waals surface area contributed by atoms with Gasteiger partial charge in [-0.05, 0) is 129 Å². The van der Waals surface area contributed by atoms with Gasteiger partial charge in [0.15, 0.2) is 0 Å². The number of methoxy groups -OCH3 is 1. The Bertz CT molecular complexity index is 1140. The zero-order valence-corrected chi connectivity index (χ0v) is 26.8. The lowest BCUT2D eigenvalue weighted by Gasteiger charge is -2.61. The van der Waals surface area contributed by atoms with Gasteiger partial charge in [-0.15, -0.1) is 0 Å². The summed E-state index contributed by atoms with van der Waals surface area (Å²) in [5.74, 6) is 5.37. The number of ether oxygens (including phenoxy) is 1. The number of hydrogen-bond donors (Lipinski definition) is 0. The third-order valence-electron chi connectivity index (χ3n) is 13.9. The van der Waals surface area contributed by atoms with Crippen molar-refractivity contribution in [2.75, 3.05) is 7.11 Å². The second-order valence-electron chi connectivity index (χ2n) is 15.5. The summed E-state index contributed by atoms with van der Waals surface area (Å²) in [4.78, 5) is 2.10. The standard InChI is InChI=1S/C36H54O2S/c1-22(2)25(5)32(39(37)27-11-9-23(3)10-12-27)19-24(4)29-13-14-30-28-20-33(38-8)36-21-26(36)15-18-35(36,7)31(28)16-17-34(29,30)6/h9-12,19,22,24-26,28-31,33H,13-18,20-21H2,1-8H3/b32-19-/t24-,25+,26-,28+,29-,30+,31+,33-,34-,35-,36+,39?/m1/s1. The van der Waals surface area contributed by atoms with Crippen LogP contribution in [0, 0.1) is 70.5 Å². The van der Waals surface area contributed by atoms with Crippen LogP contribution in [0.3, 0.4) is 0 Å². The summed E-state index contributed by atoms with van der Waals surface area (Å²) < 4.78 is 20.3. The minimum absolute atomic E-state index is 0.307. The first-order valence-corrected chi connectivity index (χ1v) is 17.4. The third kappa shape index (κ3) is 4.05. The van der Waals surface area contributed by atoms with E-state index in [0.717, 1.165) is 33.5 Å². The summed E-state index contributed by atoms with van der Waals surface area (Å²) in [6.07, 6.45) is 14.1. The van der Waals surface area contributed by atoms with Gasteiger partial charge in [0.05, 0.1) is 16.9 Å². The average molecular weight is 551 g/mol. The molecule has 0 N–H and O–H groups in total. The zero-order valence-electron chi connectivity index (χ0n) is 26.0. The van der Waals surface area contributed by atoms with Gasteiger partial charge in [-0.3, -0.25) is 0 Å². The summed E-state index contributed by atoms with van der Waals surface area (Å²) in [7, 11) is 0.905. The van der Waals surface area contributed by atoms with Crippen molar-refractivity contribution in [3.63, 3.8) is 0 Å². The molecule has 5 aliphatic rings. The van der Waals surface area contributed by atoms with Crippen molar-refractivity contribution in [2.24, 2.45) is 63.6 Å². The minimum Gasteiger partial charge on any atom is -0.381 e. The highest BCUT2D eigenvalue weighted by Gasteiger charge is 2.77. The van der Waals surface area contributed by atoms with Crippen LogP contribution in [0.25, 0.3) is 0 Å². The van der Waals surface area contributed by atoms with Crippen molar-refractivity contribution in [2.45, 2.75) is 111 Å². The van der Waals surface area contributed by atoms with E-state index in [0.29, 0.717) is 46.0 Å². The van der Waals surface area contributed by atoms with Crippen molar-refractivity contribution in [1.29, 1.82) is 0 Å². The van der Waals surface area contributed by atoms with E-state index in [1.54, 1.807) is 0 Å². The Morgan fingerprint density at radius 2 is 1.72 bits per heavy atom. The van der Waals surface area contributed by atoms with Gasteiger partial charge in [-0.25, -0.2) is 4.21 Å². The van der Waals surface area contributed by atoms with E-state index in [1.807, 2.05) is 7.11 Å². The lowest BCUT2D eigenvalue weighted by Crippen LogP contribution is -2.57. The molecule has 0 heterocycles. The van der Waals surface area contributed by atoms with E-state index < -0.39 is 10.8 Å². The number of benzene rings is 1. The van der Waals surface area contributed by atoms with Crippen LogP contribution in [0.2, 0.25) is 0 Å². The van der Waals surface area contributed by atoms with Gasteiger partial charge >= 0.3 is 0 Å². The molecule has 0 aliphatic heterocycles. The number of allylic oxidation sites excluding steroid dienone is 2. The Hall–Kier alpha value is -0.930. The Kier molecular flexibility index (Phi) is 7.10. The predicted octanol–water partition coefficient (Wildman–Crippen LogP) is 9.20. The lowest BCUT2D eigenvalue weighted by atomic mass is 9.45. The number of hydrogen-bond acceptors (Lipinski definition) is 2. The highest BCUT2D eigenvalue weighted by Crippen LogP contribution is 2.82. The second-order valence-corrected chi connectivity index (χ2v) is 17.0. The summed E-state index contributed by atoms with van der Waals surface area (Å²) in [5.41, 5.74) is 2.61. The Labute approximate surface area is 241 Å². The molecule has 6 rings (SSSR count). The molecule has 216 valence electrons. The molecule has 2 nitrogen and oxygen atoms in total. The molecule has 0 saturated heterocycles. The molecule has 0 bridgehead atoms. The van der Waals surface area contributed by atoms with E-state index in [1.165, 1.54) is 56.9 Å². The number of rotatable bonds is 7. The summed E-state index contributed by atoms with van der Waals surface area (Å²) in [5, 5.41) is 0. The summed E-state index contributed by atoms with van der Waals surface area (Å²) in [6, 6.07) is 8.35. The minimum atomic E-state index is -1.10. The van der Waals surface area contributed by atoms with Crippen LogP contribution < -0.4 is 0 Å². The summed E-state index contributed by atoms with van der Waals surface area (Å²) >= 11 is 0. The zero-order chi connectivity index (χ0) is 27.9. The van der Waals surface area contributed by atoms with Gasteiger partial charge < -0.3 is 4.74 Å². The van der Waals surface area contributed by atoms with Crippen molar-refractivity contribution in [1.82, 2.24) is 0 Å². The van der Waals surface area contributed by atoms with Gasteiger partial charge in [-0.2, -0.15) is 0 Å². The van der Waals surface area contributed by atoms with Crippen LogP contribution in [-0.4, -0.2) is 17.4 Å².